The normalized spacial score (nSPS) is 29.7. The number of hydrogen-bond donors (Lipinski definition) is 1. The number of rotatable bonds is 3. The lowest BCUT2D eigenvalue weighted by molar-refractivity contribution is -0.140. The molecule has 0 aromatic heterocycles. The standard InChI is InChI=1S/C14H25N3O3/c1-3-17-7-6-14(5-4-12(17)18)11-16(10-13(19)20)9-8-15(14)2/h3-11H2,1-2H3,(H,19,20). The third-order valence-electron chi connectivity index (χ3n) is 4.82. The lowest BCUT2D eigenvalue weighted by Crippen LogP contribution is -2.61. The van der Waals surface area contributed by atoms with Gasteiger partial charge < -0.3 is 10.0 Å². The van der Waals surface area contributed by atoms with Gasteiger partial charge in [-0.3, -0.25) is 19.4 Å². The van der Waals surface area contributed by atoms with Crippen molar-refractivity contribution in [3.63, 3.8) is 0 Å². The Balaban J connectivity index is 2.10. The molecular formula is C14H25N3O3. The van der Waals surface area contributed by atoms with E-state index in [2.05, 4.69) is 11.9 Å². The van der Waals surface area contributed by atoms with Crippen LogP contribution in [-0.2, 0) is 9.59 Å². The van der Waals surface area contributed by atoms with E-state index in [0.717, 1.165) is 45.6 Å². The molecule has 0 aliphatic carbocycles. The van der Waals surface area contributed by atoms with E-state index in [0.29, 0.717) is 6.42 Å². The Hall–Kier alpha value is -1.14. The molecule has 1 N–H and O–H groups in total. The molecule has 2 aliphatic heterocycles. The lowest BCUT2D eigenvalue weighted by atomic mass is 9.86. The minimum absolute atomic E-state index is 0.0483. The van der Waals surface area contributed by atoms with Crippen LogP contribution in [0.25, 0.3) is 0 Å². The van der Waals surface area contributed by atoms with Gasteiger partial charge in [0.2, 0.25) is 5.91 Å². The highest BCUT2D eigenvalue weighted by Crippen LogP contribution is 2.31. The van der Waals surface area contributed by atoms with Crippen molar-refractivity contribution in [3.05, 3.63) is 0 Å². The van der Waals surface area contributed by atoms with E-state index in [-0.39, 0.29) is 18.0 Å². The first kappa shape index (κ1) is 15.3. The van der Waals surface area contributed by atoms with Crippen molar-refractivity contribution in [2.45, 2.75) is 31.7 Å². The van der Waals surface area contributed by atoms with E-state index in [4.69, 9.17) is 5.11 Å². The SMILES string of the molecule is CCN1CCC2(CCC1=O)CN(CC(=O)O)CCN2C. The maximum Gasteiger partial charge on any atom is 0.317 e. The summed E-state index contributed by atoms with van der Waals surface area (Å²) in [4.78, 5) is 29.2. The third kappa shape index (κ3) is 3.12. The van der Waals surface area contributed by atoms with Crippen molar-refractivity contribution >= 4 is 11.9 Å². The highest BCUT2D eigenvalue weighted by Gasteiger charge is 2.42. The number of hydrogen-bond acceptors (Lipinski definition) is 4. The summed E-state index contributed by atoms with van der Waals surface area (Å²) in [5.74, 6) is -0.544. The summed E-state index contributed by atoms with van der Waals surface area (Å²) in [7, 11) is 2.10. The number of likely N-dealkylation sites (tertiary alicyclic amines) is 1. The predicted octanol–water partition coefficient (Wildman–Crippen LogP) is 0.0896. The van der Waals surface area contributed by atoms with Crippen LogP contribution in [0.3, 0.4) is 0 Å². The number of aliphatic carboxylic acids is 1. The molecule has 1 spiro atoms. The number of nitrogens with zero attached hydrogens (tertiary/aromatic N) is 3. The van der Waals surface area contributed by atoms with E-state index >= 15 is 0 Å². The first-order chi connectivity index (χ1) is 9.47. The zero-order chi connectivity index (χ0) is 14.8. The molecule has 0 bridgehead atoms. The highest BCUT2D eigenvalue weighted by molar-refractivity contribution is 5.76. The van der Waals surface area contributed by atoms with E-state index in [1.807, 2.05) is 16.7 Å². The van der Waals surface area contributed by atoms with Crippen molar-refractivity contribution < 1.29 is 14.7 Å². The largest absolute Gasteiger partial charge is 0.480 e. The summed E-state index contributed by atoms with van der Waals surface area (Å²) in [5, 5.41) is 8.98. The second kappa shape index (κ2) is 6.10. The molecule has 20 heavy (non-hydrogen) atoms. The van der Waals surface area contributed by atoms with E-state index in [1.54, 1.807) is 0 Å². The third-order valence-corrected chi connectivity index (χ3v) is 4.82. The van der Waals surface area contributed by atoms with Crippen LogP contribution in [0.15, 0.2) is 0 Å². The molecule has 0 aromatic rings. The van der Waals surface area contributed by atoms with Gasteiger partial charge in [0.05, 0.1) is 6.54 Å². The van der Waals surface area contributed by atoms with E-state index in [9.17, 15) is 9.59 Å². The van der Waals surface area contributed by atoms with Gasteiger partial charge in [0.1, 0.15) is 0 Å². The molecule has 6 nitrogen and oxygen atoms in total. The van der Waals surface area contributed by atoms with Crippen molar-refractivity contribution in [3.8, 4) is 0 Å². The zero-order valence-corrected chi connectivity index (χ0v) is 12.5. The van der Waals surface area contributed by atoms with Crippen LogP contribution in [0, 0.1) is 0 Å². The maximum absolute atomic E-state index is 12.0. The fourth-order valence-electron chi connectivity index (χ4n) is 3.44. The molecule has 2 aliphatic rings. The van der Waals surface area contributed by atoms with Gasteiger partial charge in [-0.05, 0) is 26.8 Å². The summed E-state index contributed by atoms with van der Waals surface area (Å²) in [6, 6.07) is 0. The molecule has 2 fully saturated rings. The first-order valence-corrected chi connectivity index (χ1v) is 7.40. The van der Waals surface area contributed by atoms with Gasteiger partial charge >= 0.3 is 5.97 Å². The number of carboxylic acids is 1. The number of amides is 1. The van der Waals surface area contributed by atoms with Crippen molar-refractivity contribution in [2.24, 2.45) is 0 Å². The van der Waals surface area contributed by atoms with Crippen LogP contribution < -0.4 is 0 Å². The average Bonchev–Trinajstić information content (AvgIpc) is 2.55. The van der Waals surface area contributed by atoms with Gasteiger partial charge in [-0.25, -0.2) is 0 Å². The van der Waals surface area contributed by atoms with Gasteiger partial charge in [-0.2, -0.15) is 0 Å². The smallest absolute Gasteiger partial charge is 0.317 e. The average molecular weight is 283 g/mol. The first-order valence-electron chi connectivity index (χ1n) is 7.40. The second-order valence-corrected chi connectivity index (χ2v) is 5.97. The van der Waals surface area contributed by atoms with Gasteiger partial charge in [-0.15, -0.1) is 0 Å². The molecule has 1 amide bonds. The second-order valence-electron chi connectivity index (χ2n) is 5.97. The number of carbonyl (C=O) groups is 2. The molecule has 6 heteroatoms. The molecular weight excluding hydrogens is 258 g/mol. The molecule has 114 valence electrons. The highest BCUT2D eigenvalue weighted by atomic mass is 16.4. The van der Waals surface area contributed by atoms with Crippen molar-refractivity contribution in [1.82, 2.24) is 14.7 Å². The molecule has 0 aromatic carbocycles. The summed E-state index contributed by atoms with van der Waals surface area (Å²) < 4.78 is 0. The minimum Gasteiger partial charge on any atom is -0.480 e. The Labute approximate surface area is 120 Å². The Morgan fingerprint density at radius 3 is 2.70 bits per heavy atom. The number of carbonyl (C=O) groups excluding carboxylic acids is 1. The molecule has 1 atom stereocenters. The zero-order valence-electron chi connectivity index (χ0n) is 12.5. The summed E-state index contributed by atoms with van der Waals surface area (Å²) in [5.41, 5.74) is -0.0483. The quantitative estimate of drug-likeness (QED) is 0.795. The minimum atomic E-state index is -0.774. The fraction of sp³-hybridized carbons (Fsp3) is 0.857. The summed E-state index contributed by atoms with van der Waals surface area (Å²) in [6.07, 6.45) is 2.33. The molecule has 2 rings (SSSR count). The number of likely N-dealkylation sites (N-methyl/N-ethyl adjacent to an activating group) is 1. The Morgan fingerprint density at radius 2 is 2.05 bits per heavy atom. The van der Waals surface area contributed by atoms with E-state index < -0.39 is 5.97 Å². The van der Waals surface area contributed by atoms with E-state index in [1.165, 1.54) is 0 Å². The number of piperazine rings is 1. The van der Waals surface area contributed by atoms with Crippen LogP contribution in [-0.4, -0.2) is 83.5 Å². The van der Waals surface area contributed by atoms with Crippen LogP contribution in [0.4, 0.5) is 0 Å². The Kier molecular flexibility index (Phi) is 4.65. The molecule has 2 heterocycles. The van der Waals surface area contributed by atoms with Gasteiger partial charge in [-0.1, -0.05) is 0 Å². The van der Waals surface area contributed by atoms with Crippen LogP contribution >= 0.6 is 0 Å². The molecule has 1 unspecified atom stereocenters. The molecule has 2 saturated heterocycles. The summed E-state index contributed by atoms with van der Waals surface area (Å²) in [6.45, 7) is 6.06. The lowest BCUT2D eigenvalue weighted by Gasteiger charge is -2.49. The Morgan fingerprint density at radius 1 is 1.30 bits per heavy atom. The molecule has 0 radical (unpaired) electrons. The van der Waals surface area contributed by atoms with Crippen LogP contribution in [0.1, 0.15) is 26.2 Å². The van der Waals surface area contributed by atoms with Gasteiger partial charge in [0.15, 0.2) is 0 Å². The topological polar surface area (TPSA) is 64.1 Å². The monoisotopic (exact) mass is 283 g/mol. The number of carboxylic acid groups (broad SMARTS) is 1. The van der Waals surface area contributed by atoms with Crippen LogP contribution in [0.2, 0.25) is 0 Å². The Bertz CT molecular complexity index is 388. The van der Waals surface area contributed by atoms with Gasteiger partial charge in [0.25, 0.3) is 0 Å². The van der Waals surface area contributed by atoms with Crippen molar-refractivity contribution in [1.29, 1.82) is 0 Å². The predicted molar refractivity (Wildman–Crippen MR) is 75.5 cm³/mol. The van der Waals surface area contributed by atoms with Crippen LogP contribution in [0.5, 0.6) is 0 Å². The van der Waals surface area contributed by atoms with Gasteiger partial charge in [0, 0.05) is 44.7 Å². The summed E-state index contributed by atoms with van der Waals surface area (Å²) >= 11 is 0. The maximum atomic E-state index is 12.0. The molecule has 0 saturated carbocycles. The van der Waals surface area contributed by atoms with Crippen molar-refractivity contribution in [2.75, 3.05) is 46.3 Å². The fourth-order valence-corrected chi connectivity index (χ4v) is 3.44.